The molecule has 0 unspecified atom stereocenters. The molecular formula is C20H15FN4O3S. The molecule has 0 bridgehead atoms. The normalized spacial score (nSPS) is 10.6. The third-order valence-corrected chi connectivity index (χ3v) is 5.18. The number of sulfonamides is 1. The van der Waals surface area contributed by atoms with Crippen molar-refractivity contribution in [3.63, 3.8) is 0 Å². The number of nitrogens with one attached hydrogen (secondary N) is 3. The molecule has 146 valence electrons. The van der Waals surface area contributed by atoms with E-state index >= 15 is 0 Å². The number of halogens is 1. The van der Waals surface area contributed by atoms with Crippen LogP contribution in [-0.2, 0) is 10.0 Å². The number of nitrogens with zero attached hydrogens (tertiary/aromatic N) is 1. The summed E-state index contributed by atoms with van der Waals surface area (Å²) in [6.07, 6.45) is 0. The molecule has 2 amide bonds. The second-order valence-corrected chi connectivity index (χ2v) is 7.53. The van der Waals surface area contributed by atoms with E-state index < -0.39 is 21.9 Å². The molecule has 3 N–H and O–H groups in total. The van der Waals surface area contributed by atoms with E-state index in [0.29, 0.717) is 5.69 Å². The van der Waals surface area contributed by atoms with E-state index in [1.165, 1.54) is 42.5 Å². The van der Waals surface area contributed by atoms with Gasteiger partial charge in [-0.2, -0.15) is 5.26 Å². The molecular weight excluding hydrogens is 395 g/mol. The van der Waals surface area contributed by atoms with Crippen molar-refractivity contribution in [2.45, 2.75) is 4.90 Å². The van der Waals surface area contributed by atoms with Gasteiger partial charge in [0.05, 0.1) is 21.8 Å². The molecule has 0 fully saturated rings. The van der Waals surface area contributed by atoms with Crippen LogP contribution in [0.25, 0.3) is 0 Å². The lowest BCUT2D eigenvalue weighted by atomic mass is 10.2. The van der Waals surface area contributed by atoms with Crippen LogP contribution < -0.4 is 15.4 Å². The zero-order valence-electron chi connectivity index (χ0n) is 14.9. The summed E-state index contributed by atoms with van der Waals surface area (Å²) in [5.41, 5.74) is 0.621. The van der Waals surface area contributed by atoms with Gasteiger partial charge in [-0.1, -0.05) is 30.3 Å². The van der Waals surface area contributed by atoms with Gasteiger partial charge in [-0.25, -0.2) is 17.6 Å². The van der Waals surface area contributed by atoms with Crippen molar-refractivity contribution in [2.24, 2.45) is 0 Å². The summed E-state index contributed by atoms with van der Waals surface area (Å²) in [5, 5.41) is 14.1. The third-order valence-electron chi connectivity index (χ3n) is 3.82. The van der Waals surface area contributed by atoms with Crippen molar-refractivity contribution in [3.05, 3.63) is 84.2 Å². The van der Waals surface area contributed by atoms with E-state index in [1.54, 1.807) is 24.3 Å². The number of amides is 2. The van der Waals surface area contributed by atoms with Crippen LogP contribution in [-0.4, -0.2) is 14.4 Å². The minimum Gasteiger partial charge on any atom is -0.308 e. The molecule has 3 aromatic rings. The van der Waals surface area contributed by atoms with E-state index in [4.69, 9.17) is 5.26 Å². The highest BCUT2D eigenvalue weighted by molar-refractivity contribution is 7.92. The number of urea groups is 1. The van der Waals surface area contributed by atoms with Gasteiger partial charge in [0.25, 0.3) is 10.0 Å². The molecule has 0 atom stereocenters. The van der Waals surface area contributed by atoms with Crippen molar-refractivity contribution in [2.75, 3.05) is 15.4 Å². The van der Waals surface area contributed by atoms with Crippen LogP contribution in [0.5, 0.6) is 0 Å². The Morgan fingerprint density at radius 1 is 0.897 bits per heavy atom. The van der Waals surface area contributed by atoms with Crippen LogP contribution in [0.2, 0.25) is 0 Å². The Morgan fingerprint density at radius 3 is 2.31 bits per heavy atom. The Balaban J connectivity index is 1.76. The average Bonchev–Trinajstić information content (AvgIpc) is 2.70. The van der Waals surface area contributed by atoms with Crippen molar-refractivity contribution in [1.82, 2.24) is 0 Å². The number of carbonyl (C=O) groups excluding carboxylic acids is 1. The van der Waals surface area contributed by atoms with E-state index in [-0.39, 0.29) is 21.8 Å². The highest BCUT2D eigenvalue weighted by atomic mass is 32.2. The molecule has 0 saturated heterocycles. The lowest BCUT2D eigenvalue weighted by Crippen LogP contribution is -2.20. The Bertz CT molecular complexity index is 1210. The maximum Gasteiger partial charge on any atom is 0.323 e. The van der Waals surface area contributed by atoms with Gasteiger partial charge >= 0.3 is 6.03 Å². The van der Waals surface area contributed by atoms with Crippen molar-refractivity contribution >= 4 is 33.1 Å². The minimum atomic E-state index is -4.07. The number of rotatable bonds is 5. The molecule has 3 rings (SSSR count). The maximum absolute atomic E-state index is 13.7. The van der Waals surface area contributed by atoms with E-state index in [0.717, 1.165) is 6.07 Å². The summed E-state index contributed by atoms with van der Waals surface area (Å²) in [7, 11) is -4.07. The first-order valence-electron chi connectivity index (χ1n) is 8.33. The lowest BCUT2D eigenvalue weighted by molar-refractivity contribution is 0.262. The minimum absolute atomic E-state index is 0.157. The van der Waals surface area contributed by atoms with E-state index in [9.17, 15) is 17.6 Å². The van der Waals surface area contributed by atoms with Gasteiger partial charge in [-0.05, 0) is 42.5 Å². The molecule has 0 spiro atoms. The predicted octanol–water partition coefficient (Wildman–Crippen LogP) is 4.14. The van der Waals surface area contributed by atoms with Gasteiger partial charge < -0.3 is 10.6 Å². The van der Waals surface area contributed by atoms with Gasteiger partial charge in [0.1, 0.15) is 11.9 Å². The number of carbonyl (C=O) groups is 1. The van der Waals surface area contributed by atoms with Crippen molar-refractivity contribution < 1.29 is 17.6 Å². The summed E-state index contributed by atoms with van der Waals surface area (Å²) < 4.78 is 41.0. The molecule has 9 heteroatoms. The number of benzene rings is 3. The molecule has 0 aromatic heterocycles. The number of anilines is 3. The zero-order valence-corrected chi connectivity index (χ0v) is 15.7. The van der Waals surface area contributed by atoms with Crippen molar-refractivity contribution in [3.8, 4) is 6.07 Å². The number of nitriles is 1. The molecule has 0 saturated carbocycles. The van der Waals surface area contributed by atoms with Gasteiger partial charge in [-0.3, -0.25) is 4.72 Å². The van der Waals surface area contributed by atoms with Crippen LogP contribution in [0.15, 0.2) is 77.7 Å². The second kappa shape index (κ2) is 8.41. The molecule has 0 radical (unpaired) electrons. The first-order valence-corrected chi connectivity index (χ1v) is 9.82. The Hall–Kier alpha value is -3.90. The number of hydrogen-bond donors (Lipinski definition) is 3. The monoisotopic (exact) mass is 410 g/mol. The van der Waals surface area contributed by atoms with E-state index in [2.05, 4.69) is 15.4 Å². The van der Waals surface area contributed by atoms with E-state index in [1.807, 2.05) is 6.07 Å². The van der Waals surface area contributed by atoms with Gasteiger partial charge in [0.2, 0.25) is 0 Å². The average molecular weight is 410 g/mol. The smallest absolute Gasteiger partial charge is 0.308 e. The molecule has 0 aliphatic rings. The molecule has 0 aliphatic carbocycles. The molecule has 29 heavy (non-hydrogen) atoms. The Kier molecular flexibility index (Phi) is 5.76. The fraction of sp³-hybridized carbons (Fsp3) is 0. The summed E-state index contributed by atoms with van der Waals surface area (Å²) in [4.78, 5) is 12.0. The summed E-state index contributed by atoms with van der Waals surface area (Å²) in [6.45, 7) is 0. The molecule has 7 nitrogen and oxygen atoms in total. The quantitative estimate of drug-likeness (QED) is 0.587. The standard InChI is InChI=1S/C20H15FN4O3S/c21-17-9-2-4-11-19(17)25-29(27,28)16-8-5-7-15(12-16)23-20(26)24-18-10-3-1-6-14(18)13-22/h1-12,25H,(H2,23,24,26). The highest BCUT2D eigenvalue weighted by Crippen LogP contribution is 2.21. The first kappa shape index (κ1) is 19.9. The van der Waals surface area contributed by atoms with Crippen LogP contribution in [0.1, 0.15) is 5.56 Å². The third kappa shape index (κ3) is 4.88. The lowest BCUT2D eigenvalue weighted by Gasteiger charge is -2.11. The van der Waals surface area contributed by atoms with Gasteiger partial charge in [0.15, 0.2) is 0 Å². The van der Waals surface area contributed by atoms with Crippen molar-refractivity contribution in [1.29, 1.82) is 5.26 Å². The fourth-order valence-electron chi connectivity index (χ4n) is 2.46. The number of hydrogen-bond acceptors (Lipinski definition) is 4. The predicted molar refractivity (Wildman–Crippen MR) is 107 cm³/mol. The maximum atomic E-state index is 13.7. The second-order valence-electron chi connectivity index (χ2n) is 5.85. The van der Waals surface area contributed by atoms with Crippen LogP contribution in [0, 0.1) is 17.1 Å². The summed E-state index contributed by atoms with van der Waals surface area (Å²) >= 11 is 0. The SMILES string of the molecule is N#Cc1ccccc1NC(=O)Nc1cccc(S(=O)(=O)Nc2ccccc2F)c1. The highest BCUT2D eigenvalue weighted by Gasteiger charge is 2.17. The van der Waals surface area contributed by atoms with Gasteiger partial charge in [-0.15, -0.1) is 0 Å². The Morgan fingerprint density at radius 2 is 1.59 bits per heavy atom. The molecule has 0 aliphatic heterocycles. The molecule has 0 heterocycles. The summed E-state index contributed by atoms with van der Waals surface area (Å²) in [6, 6.07) is 18.6. The topological polar surface area (TPSA) is 111 Å². The Labute approximate surface area is 166 Å². The first-order chi connectivity index (χ1) is 13.9. The van der Waals surface area contributed by atoms with Crippen LogP contribution in [0.4, 0.5) is 26.2 Å². The van der Waals surface area contributed by atoms with Crippen LogP contribution in [0.3, 0.4) is 0 Å². The largest absolute Gasteiger partial charge is 0.323 e. The fourth-order valence-corrected chi connectivity index (χ4v) is 3.58. The number of para-hydroxylation sites is 2. The zero-order chi connectivity index (χ0) is 20.9. The van der Waals surface area contributed by atoms with Crippen LogP contribution >= 0.6 is 0 Å². The molecule has 3 aromatic carbocycles. The summed E-state index contributed by atoms with van der Waals surface area (Å²) in [5.74, 6) is -0.708. The van der Waals surface area contributed by atoms with Gasteiger partial charge in [0, 0.05) is 5.69 Å².